The maximum atomic E-state index is 12.9. The largest absolute Gasteiger partial charge is 0.338 e. The third kappa shape index (κ3) is 4.07. The Morgan fingerprint density at radius 1 is 1.23 bits per heavy atom. The number of rotatable bonds is 5. The minimum Gasteiger partial charge on any atom is -0.338 e. The van der Waals surface area contributed by atoms with Gasteiger partial charge in [-0.05, 0) is 48.7 Å². The van der Waals surface area contributed by atoms with Gasteiger partial charge >= 0.3 is 0 Å². The molecule has 0 saturated carbocycles. The average molecular weight is 371 g/mol. The fraction of sp³-hybridized carbons (Fsp3) is 0.333. The number of nitrogens with zero attached hydrogens (tertiary/aromatic N) is 2. The first-order chi connectivity index (χ1) is 12.5. The maximum absolute atomic E-state index is 12.9. The van der Waals surface area contributed by atoms with Crippen LogP contribution in [0.4, 0.5) is 0 Å². The Kier molecular flexibility index (Phi) is 5.62. The van der Waals surface area contributed by atoms with E-state index in [9.17, 15) is 9.59 Å². The second-order valence-corrected chi connectivity index (χ2v) is 7.20. The summed E-state index contributed by atoms with van der Waals surface area (Å²) in [6, 6.07) is 15.0. The minimum absolute atomic E-state index is 0.0490. The van der Waals surface area contributed by atoms with E-state index in [2.05, 4.69) is 0 Å². The number of hydrogen-bond donors (Lipinski definition) is 0. The van der Waals surface area contributed by atoms with E-state index in [-0.39, 0.29) is 17.9 Å². The summed E-state index contributed by atoms with van der Waals surface area (Å²) in [5, 5.41) is 0.660. The first kappa shape index (κ1) is 18.5. The van der Waals surface area contributed by atoms with Crippen molar-refractivity contribution < 1.29 is 9.59 Å². The maximum Gasteiger partial charge on any atom is 0.254 e. The number of hydrogen-bond acceptors (Lipinski definition) is 2. The van der Waals surface area contributed by atoms with Crippen molar-refractivity contribution in [3.63, 3.8) is 0 Å². The van der Waals surface area contributed by atoms with E-state index >= 15 is 0 Å². The molecule has 2 aromatic carbocycles. The van der Waals surface area contributed by atoms with Crippen molar-refractivity contribution >= 4 is 23.4 Å². The SMILES string of the molecule is CC(c1cccc(Cl)c1)N(C)C(=O)c1cccc(CN2CCCC2=O)c1. The molecule has 136 valence electrons. The molecule has 0 aromatic heterocycles. The Balaban J connectivity index is 1.74. The molecule has 1 saturated heterocycles. The first-order valence-corrected chi connectivity index (χ1v) is 9.23. The molecule has 0 radical (unpaired) electrons. The third-order valence-electron chi connectivity index (χ3n) is 4.95. The van der Waals surface area contributed by atoms with Crippen molar-refractivity contribution in [2.45, 2.75) is 32.4 Å². The van der Waals surface area contributed by atoms with Crippen LogP contribution < -0.4 is 0 Å². The van der Waals surface area contributed by atoms with Gasteiger partial charge in [-0.1, -0.05) is 35.9 Å². The number of carbonyl (C=O) groups is 2. The lowest BCUT2D eigenvalue weighted by Gasteiger charge is -2.26. The lowest BCUT2D eigenvalue weighted by atomic mass is 10.1. The highest BCUT2D eigenvalue weighted by atomic mass is 35.5. The van der Waals surface area contributed by atoms with Gasteiger partial charge < -0.3 is 9.80 Å². The zero-order valence-corrected chi connectivity index (χ0v) is 15.9. The summed E-state index contributed by atoms with van der Waals surface area (Å²) in [4.78, 5) is 28.3. The monoisotopic (exact) mass is 370 g/mol. The van der Waals surface area contributed by atoms with Gasteiger partial charge in [0.05, 0.1) is 6.04 Å². The smallest absolute Gasteiger partial charge is 0.254 e. The topological polar surface area (TPSA) is 40.6 Å². The van der Waals surface area contributed by atoms with Crippen LogP contribution in [0, 0.1) is 0 Å². The number of benzene rings is 2. The summed E-state index contributed by atoms with van der Waals surface area (Å²) in [5.74, 6) is 0.139. The van der Waals surface area contributed by atoms with E-state index in [4.69, 9.17) is 11.6 Å². The highest BCUT2D eigenvalue weighted by Gasteiger charge is 2.22. The summed E-state index contributed by atoms with van der Waals surface area (Å²) in [7, 11) is 1.80. The second kappa shape index (κ2) is 7.92. The molecule has 0 bridgehead atoms. The van der Waals surface area contributed by atoms with Gasteiger partial charge in [-0.25, -0.2) is 0 Å². The molecule has 0 spiro atoms. The number of likely N-dealkylation sites (tertiary alicyclic amines) is 1. The van der Waals surface area contributed by atoms with Crippen molar-refractivity contribution in [2.75, 3.05) is 13.6 Å². The normalized spacial score (nSPS) is 15.2. The molecule has 0 aliphatic carbocycles. The van der Waals surface area contributed by atoms with Crippen LogP contribution in [-0.2, 0) is 11.3 Å². The van der Waals surface area contributed by atoms with Gasteiger partial charge in [-0.2, -0.15) is 0 Å². The summed E-state index contributed by atoms with van der Waals surface area (Å²) >= 11 is 6.07. The standard InChI is InChI=1S/C21H23ClN2O2/c1-15(17-7-4-9-19(22)13-17)23(2)21(26)18-8-3-6-16(12-18)14-24-11-5-10-20(24)25/h3-4,6-9,12-13,15H,5,10-11,14H2,1-2H3. The molecular formula is C21H23ClN2O2. The van der Waals surface area contributed by atoms with E-state index in [1.807, 2.05) is 60.4 Å². The minimum atomic E-state index is -0.0926. The molecule has 1 atom stereocenters. The molecule has 2 aromatic rings. The van der Waals surface area contributed by atoms with Crippen LogP contribution in [0.3, 0.4) is 0 Å². The van der Waals surface area contributed by atoms with Crippen LogP contribution >= 0.6 is 11.6 Å². The van der Waals surface area contributed by atoms with Crippen LogP contribution in [-0.4, -0.2) is 35.2 Å². The quantitative estimate of drug-likeness (QED) is 0.787. The molecule has 0 N–H and O–H groups in total. The molecule has 1 heterocycles. The molecule has 4 nitrogen and oxygen atoms in total. The van der Waals surface area contributed by atoms with E-state index in [0.717, 1.165) is 24.1 Å². The molecule has 2 amide bonds. The molecule has 1 aliphatic heterocycles. The Morgan fingerprint density at radius 2 is 2.00 bits per heavy atom. The van der Waals surface area contributed by atoms with E-state index in [1.54, 1.807) is 11.9 Å². The van der Waals surface area contributed by atoms with Crippen molar-refractivity contribution in [1.29, 1.82) is 0 Å². The van der Waals surface area contributed by atoms with Crippen LogP contribution in [0.2, 0.25) is 5.02 Å². The van der Waals surface area contributed by atoms with Gasteiger partial charge in [0.1, 0.15) is 0 Å². The van der Waals surface area contributed by atoms with Gasteiger partial charge in [0, 0.05) is 37.1 Å². The summed E-state index contributed by atoms with van der Waals surface area (Å²) in [6.45, 7) is 3.34. The third-order valence-corrected chi connectivity index (χ3v) is 5.19. The van der Waals surface area contributed by atoms with Crippen LogP contribution in [0.5, 0.6) is 0 Å². The first-order valence-electron chi connectivity index (χ1n) is 8.85. The van der Waals surface area contributed by atoms with Crippen LogP contribution in [0.1, 0.15) is 47.3 Å². The average Bonchev–Trinajstić information content (AvgIpc) is 3.04. The molecule has 1 fully saturated rings. The van der Waals surface area contributed by atoms with Crippen LogP contribution in [0.25, 0.3) is 0 Å². The molecule has 26 heavy (non-hydrogen) atoms. The summed E-state index contributed by atoms with van der Waals surface area (Å²) < 4.78 is 0. The van der Waals surface area contributed by atoms with Crippen molar-refractivity contribution in [3.05, 3.63) is 70.2 Å². The van der Waals surface area contributed by atoms with E-state index in [1.165, 1.54) is 0 Å². The lowest BCUT2D eigenvalue weighted by Crippen LogP contribution is -2.30. The Labute approximate surface area is 159 Å². The summed E-state index contributed by atoms with van der Waals surface area (Å²) in [6.07, 6.45) is 1.54. The molecule has 3 rings (SSSR count). The molecule has 1 aliphatic rings. The summed E-state index contributed by atoms with van der Waals surface area (Å²) in [5.41, 5.74) is 2.60. The van der Waals surface area contributed by atoms with E-state index < -0.39 is 0 Å². The van der Waals surface area contributed by atoms with Crippen molar-refractivity contribution in [2.24, 2.45) is 0 Å². The zero-order chi connectivity index (χ0) is 18.7. The van der Waals surface area contributed by atoms with Gasteiger partial charge in [-0.3, -0.25) is 9.59 Å². The van der Waals surface area contributed by atoms with Crippen LogP contribution in [0.15, 0.2) is 48.5 Å². The highest BCUT2D eigenvalue weighted by molar-refractivity contribution is 6.30. The number of amides is 2. The fourth-order valence-electron chi connectivity index (χ4n) is 3.26. The Hall–Kier alpha value is -2.33. The predicted octanol–water partition coefficient (Wildman–Crippen LogP) is 4.30. The predicted molar refractivity (Wildman–Crippen MR) is 103 cm³/mol. The van der Waals surface area contributed by atoms with Gasteiger partial charge in [-0.15, -0.1) is 0 Å². The van der Waals surface area contributed by atoms with Gasteiger partial charge in [0.2, 0.25) is 5.91 Å². The van der Waals surface area contributed by atoms with Gasteiger partial charge in [0.15, 0.2) is 0 Å². The van der Waals surface area contributed by atoms with Crippen molar-refractivity contribution in [3.8, 4) is 0 Å². The Morgan fingerprint density at radius 3 is 2.69 bits per heavy atom. The molecule has 5 heteroatoms. The molecule has 1 unspecified atom stereocenters. The number of carbonyl (C=O) groups excluding carboxylic acids is 2. The lowest BCUT2D eigenvalue weighted by molar-refractivity contribution is -0.128. The molecular weight excluding hydrogens is 348 g/mol. The second-order valence-electron chi connectivity index (χ2n) is 6.77. The highest BCUT2D eigenvalue weighted by Crippen LogP contribution is 2.24. The Bertz CT molecular complexity index is 821. The van der Waals surface area contributed by atoms with Gasteiger partial charge in [0.25, 0.3) is 5.91 Å². The van der Waals surface area contributed by atoms with E-state index in [0.29, 0.717) is 23.6 Å². The van der Waals surface area contributed by atoms with Crippen molar-refractivity contribution in [1.82, 2.24) is 9.80 Å². The zero-order valence-electron chi connectivity index (χ0n) is 15.1. The number of halogens is 1. The fourth-order valence-corrected chi connectivity index (χ4v) is 3.46.